The summed E-state index contributed by atoms with van der Waals surface area (Å²) in [5.41, 5.74) is -0.757. The maximum atomic E-state index is 11.4. The van der Waals surface area contributed by atoms with E-state index < -0.39 is 11.5 Å². The Hall–Kier alpha value is -0.940. The van der Waals surface area contributed by atoms with Crippen molar-refractivity contribution in [1.29, 1.82) is 0 Å². The maximum absolute atomic E-state index is 11.4. The molecule has 1 unspecified atom stereocenters. The molecule has 0 saturated heterocycles. The number of carboxylic acids is 1. The first-order valence-electron chi connectivity index (χ1n) is 7.21. The van der Waals surface area contributed by atoms with E-state index in [1.54, 1.807) is 6.26 Å². The Bertz CT molecular complexity index is 417. The number of unbranched alkanes of at least 4 members (excludes halogenated alkanes) is 1. The Kier molecular flexibility index (Phi) is 5.54. The Morgan fingerprint density at radius 3 is 2.95 bits per heavy atom. The first-order chi connectivity index (χ1) is 9.60. The number of carbonyl (C=O) groups is 1. The van der Waals surface area contributed by atoms with E-state index >= 15 is 0 Å². The molecule has 0 amide bonds. The van der Waals surface area contributed by atoms with Gasteiger partial charge in [0.25, 0.3) is 0 Å². The third kappa shape index (κ3) is 4.87. The largest absolute Gasteiger partial charge is 0.480 e. The van der Waals surface area contributed by atoms with E-state index in [1.807, 2.05) is 30.8 Å². The molecule has 1 aliphatic carbocycles. The Morgan fingerprint density at radius 2 is 2.35 bits per heavy atom. The lowest BCUT2D eigenvalue weighted by atomic mass is 9.95. The number of thioether (sulfide) groups is 1. The minimum atomic E-state index is -0.757. The molecule has 1 saturated carbocycles. The molecule has 1 atom stereocenters. The number of carboxylic acid groups (broad SMARTS) is 1. The van der Waals surface area contributed by atoms with Crippen LogP contribution in [0.4, 0.5) is 0 Å². The van der Waals surface area contributed by atoms with Crippen LogP contribution < -0.4 is 5.32 Å². The highest BCUT2D eigenvalue weighted by Crippen LogP contribution is 2.25. The van der Waals surface area contributed by atoms with Crippen molar-refractivity contribution in [3.63, 3.8) is 0 Å². The fraction of sp³-hybridized carbons (Fsp3) is 0.667. The van der Waals surface area contributed by atoms with Gasteiger partial charge in [-0.25, -0.2) is 0 Å². The average molecular weight is 297 g/mol. The van der Waals surface area contributed by atoms with Crippen LogP contribution in [0, 0.1) is 0 Å². The van der Waals surface area contributed by atoms with Crippen molar-refractivity contribution in [2.45, 2.75) is 56.4 Å². The van der Waals surface area contributed by atoms with Gasteiger partial charge in [-0.2, -0.15) is 11.8 Å². The monoisotopic (exact) mass is 297 g/mol. The Labute approximate surface area is 124 Å². The van der Waals surface area contributed by atoms with Gasteiger partial charge in [0.1, 0.15) is 11.3 Å². The summed E-state index contributed by atoms with van der Waals surface area (Å²) in [4.78, 5) is 11.4. The highest BCUT2D eigenvalue weighted by molar-refractivity contribution is 7.98. The van der Waals surface area contributed by atoms with Crippen LogP contribution in [0.5, 0.6) is 0 Å². The first-order valence-corrected chi connectivity index (χ1v) is 8.37. The van der Waals surface area contributed by atoms with E-state index in [2.05, 4.69) is 5.32 Å². The predicted molar refractivity (Wildman–Crippen MR) is 80.9 cm³/mol. The van der Waals surface area contributed by atoms with Crippen molar-refractivity contribution in [2.24, 2.45) is 0 Å². The van der Waals surface area contributed by atoms with Crippen molar-refractivity contribution in [3.05, 3.63) is 24.2 Å². The number of nitrogens with one attached hydrogen (secondary N) is 1. The Morgan fingerprint density at radius 1 is 1.55 bits per heavy atom. The third-order valence-corrected chi connectivity index (χ3v) is 4.68. The fourth-order valence-electron chi connectivity index (χ4n) is 2.17. The SMILES string of the molecule is CC(CCCCSCc1ccco1)(NC1CC1)C(=O)O. The molecule has 5 heteroatoms. The quantitative estimate of drug-likeness (QED) is 0.649. The molecule has 112 valence electrons. The summed E-state index contributed by atoms with van der Waals surface area (Å²) in [7, 11) is 0. The minimum absolute atomic E-state index is 0.421. The van der Waals surface area contributed by atoms with E-state index in [-0.39, 0.29) is 0 Å². The molecule has 0 spiro atoms. The van der Waals surface area contributed by atoms with E-state index in [4.69, 9.17) is 4.42 Å². The molecule has 20 heavy (non-hydrogen) atoms. The van der Waals surface area contributed by atoms with Gasteiger partial charge >= 0.3 is 5.97 Å². The molecule has 1 heterocycles. The summed E-state index contributed by atoms with van der Waals surface area (Å²) in [5, 5.41) is 12.6. The summed E-state index contributed by atoms with van der Waals surface area (Å²) in [6, 6.07) is 4.30. The number of aliphatic carboxylic acids is 1. The van der Waals surface area contributed by atoms with Gasteiger partial charge in [0.05, 0.1) is 12.0 Å². The molecule has 1 aromatic heterocycles. The van der Waals surface area contributed by atoms with Gasteiger partial charge in [-0.05, 0) is 50.5 Å². The van der Waals surface area contributed by atoms with Crippen molar-refractivity contribution in [1.82, 2.24) is 5.32 Å². The Balaban J connectivity index is 1.59. The van der Waals surface area contributed by atoms with Crippen LogP contribution >= 0.6 is 11.8 Å². The van der Waals surface area contributed by atoms with Crippen molar-refractivity contribution >= 4 is 17.7 Å². The molecule has 0 radical (unpaired) electrons. The van der Waals surface area contributed by atoms with Crippen LogP contribution in [-0.2, 0) is 10.5 Å². The second-order valence-corrected chi connectivity index (χ2v) is 6.75. The van der Waals surface area contributed by atoms with Gasteiger partial charge in [0, 0.05) is 6.04 Å². The second-order valence-electron chi connectivity index (χ2n) is 5.64. The minimum Gasteiger partial charge on any atom is -0.480 e. The van der Waals surface area contributed by atoms with Crippen LogP contribution in [0.15, 0.2) is 22.8 Å². The molecule has 1 aromatic rings. The molecule has 2 N–H and O–H groups in total. The van der Waals surface area contributed by atoms with Crippen LogP contribution in [0.1, 0.15) is 44.8 Å². The van der Waals surface area contributed by atoms with Gasteiger partial charge < -0.3 is 9.52 Å². The molecule has 2 rings (SSSR count). The molecule has 1 aliphatic rings. The molecule has 0 aromatic carbocycles. The second kappa shape index (κ2) is 7.18. The van der Waals surface area contributed by atoms with Crippen molar-refractivity contribution in [3.8, 4) is 0 Å². The normalized spacial score (nSPS) is 17.9. The highest BCUT2D eigenvalue weighted by atomic mass is 32.2. The zero-order valence-corrected chi connectivity index (χ0v) is 12.7. The van der Waals surface area contributed by atoms with E-state index in [0.29, 0.717) is 12.5 Å². The van der Waals surface area contributed by atoms with Gasteiger partial charge in [0.2, 0.25) is 0 Å². The van der Waals surface area contributed by atoms with Gasteiger partial charge in [-0.3, -0.25) is 10.1 Å². The lowest BCUT2D eigenvalue weighted by molar-refractivity contribution is -0.144. The van der Waals surface area contributed by atoms with Gasteiger partial charge in [0.15, 0.2) is 0 Å². The molecule has 1 fully saturated rings. The lowest BCUT2D eigenvalue weighted by Gasteiger charge is -2.26. The summed E-state index contributed by atoms with van der Waals surface area (Å²) < 4.78 is 5.27. The lowest BCUT2D eigenvalue weighted by Crippen LogP contribution is -2.50. The smallest absolute Gasteiger partial charge is 0.323 e. The summed E-state index contributed by atoms with van der Waals surface area (Å²) in [5.74, 6) is 2.21. The summed E-state index contributed by atoms with van der Waals surface area (Å²) >= 11 is 1.83. The van der Waals surface area contributed by atoms with E-state index in [9.17, 15) is 9.90 Å². The van der Waals surface area contributed by atoms with Crippen LogP contribution in [0.2, 0.25) is 0 Å². The third-order valence-electron chi connectivity index (χ3n) is 3.61. The molecule has 4 nitrogen and oxygen atoms in total. The zero-order chi connectivity index (χ0) is 14.4. The van der Waals surface area contributed by atoms with E-state index in [1.165, 1.54) is 0 Å². The molecular weight excluding hydrogens is 274 g/mol. The average Bonchev–Trinajstić information content (AvgIpc) is 3.05. The van der Waals surface area contributed by atoms with Crippen LogP contribution in [-0.4, -0.2) is 28.4 Å². The fourth-order valence-corrected chi connectivity index (χ4v) is 3.09. The van der Waals surface area contributed by atoms with Crippen molar-refractivity contribution < 1.29 is 14.3 Å². The summed E-state index contributed by atoms with van der Waals surface area (Å²) in [6.45, 7) is 1.81. The van der Waals surface area contributed by atoms with E-state index in [0.717, 1.165) is 42.9 Å². The number of hydrogen-bond donors (Lipinski definition) is 2. The zero-order valence-electron chi connectivity index (χ0n) is 11.9. The standard InChI is InChI=1S/C15H23NO3S/c1-15(14(17)18,16-12-6-7-12)8-2-3-10-20-11-13-5-4-9-19-13/h4-5,9,12,16H,2-3,6-8,10-11H2,1H3,(H,17,18). The molecule has 0 aliphatic heterocycles. The first kappa shape index (κ1) is 15.4. The molecule has 0 bridgehead atoms. The number of rotatable bonds is 10. The number of hydrogen-bond acceptors (Lipinski definition) is 4. The predicted octanol–water partition coefficient (Wildman–Crippen LogP) is 3.28. The van der Waals surface area contributed by atoms with Gasteiger partial charge in [-0.15, -0.1) is 0 Å². The summed E-state index contributed by atoms with van der Waals surface area (Å²) in [6.07, 6.45) is 6.59. The molecular formula is C15H23NO3S. The number of furan rings is 1. The van der Waals surface area contributed by atoms with Crippen molar-refractivity contribution in [2.75, 3.05) is 5.75 Å². The topological polar surface area (TPSA) is 62.5 Å². The van der Waals surface area contributed by atoms with Gasteiger partial charge in [-0.1, -0.05) is 6.42 Å². The van der Waals surface area contributed by atoms with Crippen LogP contribution in [0.3, 0.4) is 0 Å². The highest BCUT2D eigenvalue weighted by Gasteiger charge is 2.37. The van der Waals surface area contributed by atoms with Crippen LogP contribution in [0.25, 0.3) is 0 Å². The maximum Gasteiger partial charge on any atom is 0.323 e.